The van der Waals surface area contributed by atoms with Crippen LogP contribution in [0.4, 0.5) is 0 Å². The molecule has 0 saturated heterocycles. The molecule has 0 fully saturated rings. The van der Waals surface area contributed by atoms with Gasteiger partial charge in [-0.3, -0.25) is 4.98 Å². The zero-order valence-electron chi connectivity index (χ0n) is 29.5. The summed E-state index contributed by atoms with van der Waals surface area (Å²) in [6.07, 6.45) is 3.66. The van der Waals surface area contributed by atoms with Crippen molar-refractivity contribution in [3.8, 4) is 28.3 Å². The van der Waals surface area contributed by atoms with Crippen molar-refractivity contribution < 1.29 is 0 Å². The van der Waals surface area contributed by atoms with Crippen LogP contribution in [0.1, 0.15) is 0 Å². The molecule has 56 heavy (non-hydrogen) atoms. The smallest absolute Gasteiger partial charge is 0.162 e. The number of aromatic nitrogens is 4. The molecule has 260 valence electrons. The van der Waals surface area contributed by atoms with Crippen LogP contribution in [0.2, 0.25) is 0 Å². The van der Waals surface area contributed by atoms with Gasteiger partial charge >= 0.3 is 0 Å². The first-order chi connectivity index (χ1) is 27.8. The number of benzene rings is 7. The summed E-state index contributed by atoms with van der Waals surface area (Å²) in [7, 11) is 0. The Balaban J connectivity index is 1.25. The lowest BCUT2D eigenvalue weighted by molar-refractivity contribution is 1.19. The van der Waals surface area contributed by atoms with Gasteiger partial charge in [0.15, 0.2) is 5.82 Å². The van der Waals surface area contributed by atoms with Gasteiger partial charge in [-0.2, -0.15) is 0 Å². The molecule has 0 aliphatic heterocycles. The number of para-hydroxylation sites is 1. The lowest BCUT2D eigenvalue weighted by Gasteiger charge is -2.14. The van der Waals surface area contributed by atoms with Gasteiger partial charge in [-0.25, -0.2) is 9.97 Å². The Morgan fingerprint density at radius 1 is 0.464 bits per heavy atom. The summed E-state index contributed by atoms with van der Waals surface area (Å²) < 4.78 is 8.84. The topological polar surface area (TPSA) is 43.6 Å². The number of hydrogen-bond acceptors (Lipinski definition) is 6. The quantitative estimate of drug-likeness (QED) is 0.180. The molecule has 6 aromatic heterocycles. The molecule has 13 rings (SSSR count). The van der Waals surface area contributed by atoms with Gasteiger partial charge in [-0.15, -0.1) is 34.0 Å². The highest BCUT2D eigenvalue weighted by atomic mass is 32.1. The molecule has 0 aliphatic carbocycles. The maximum absolute atomic E-state index is 5.51. The third-order valence-corrected chi connectivity index (χ3v) is 14.8. The monoisotopic (exact) mass is 766 g/mol. The van der Waals surface area contributed by atoms with Gasteiger partial charge in [0.25, 0.3) is 0 Å². The molecule has 0 aliphatic rings. The Bertz CT molecular complexity index is 3780. The van der Waals surface area contributed by atoms with Gasteiger partial charge < -0.3 is 4.57 Å². The minimum atomic E-state index is 0.682. The Morgan fingerprint density at radius 2 is 1.11 bits per heavy atom. The zero-order chi connectivity index (χ0) is 36.5. The second kappa shape index (κ2) is 11.5. The molecule has 13 aromatic rings. The lowest BCUT2D eigenvalue weighted by atomic mass is 9.99. The van der Waals surface area contributed by atoms with Crippen molar-refractivity contribution in [2.45, 2.75) is 0 Å². The Labute approximate surface area is 331 Å². The molecule has 0 N–H and O–H groups in total. The normalized spacial score (nSPS) is 12.3. The number of pyridine rings is 1. The second-order valence-electron chi connectivity index (χ2n) is 14.3. The first kappa shape index (κ1) is 30.8. The molecule has 0 bridgehead atoms. The first-order valence-corrected chi connectivity index (χ1v) is 21.0. The van der Waals surface area contributed by atoms with E-state index in [4.69, 9.17) is 9.97 Å². The van der Waals surface area contributed by atoms with E-state index >= 15 is 0 Å². The van der Waals surface area contributed by atoms with Gasteiger partial charge in [-0.1, -0.05) is 97.1 Å². The summed E-state index contributed by atoms with van der Waals surface area (Å²) in [6.45, 7) is 0. The number of thiophene rings is 3. The highest BCUT2D eigenvalue weighted by molar-refractivity contribution is 7.27. The molecular weight excluding hydrogens is 741 g/mol. The number of hydrogen-bond donors (Lipinski definition) is 0. The summed E-state index contributed by atoms with van der Waals surface area (Å²) in [5.41, 5.74) is 6.50. The van der Waals surface area contributed by atoms with E-state index in [2.05, 4.69) is 149 Å². The molecule has 0 radical (unpaired) electrons. The van der Waals surface area contributed by atoms with Crippen molar-refractivity contribution in [3.63, 3.8) is 0 Å². The van der Waals surface area contributed by atoms with Crippen LogP contribution in [-0.2, 0) is 0 Å². The fourth-order valence-corrected chi connectivity index (χ4v) is 12.5. The molecular formula is C49H26N4S3. The van der Waals surface area contributed by atoms with E-state index in [0.717, 1.165) is 32.7 Å². The van der Waals surface area contributed by atoms with Crippen molar-refractivity contribution in [3.05, 3.63) is 158 Å². The van der Waals surface area contributed by atoms with E-state index in [1.165, 1.54) is 83.0 Å². The van der Waals surface area contributed by atoms with E-state index in [-0.39, 0.29) is 0 Å². The van der Waals surface area contributed by atoms with Crippen molar-refractivity contribution >= 4 is 127 Å². The first-order valence-electron chi connectivity index (χ1n) is 18.6. The van der Waals surface area contributed by atoms with E-state index in [0.29, 0.717) is 5.82 Å². The average Bonchev–Trinajstić information content (AvgIpc) is 4.02. The van der Waals surface area contributed by atoms with Crippen LogP contribution >= 0.6 is 34.0 Å². The van der Waals surface area contributed by atoms with Crippen molar-refractivity contribution in [2.75, 3.05) is 0 Å². The fraction of sp³-hybridized carbons (Fsp3) is 0. The molecule has 0 saturated carbocycles. The summed E-state index contributed by atoms with van der Waals surface area (Å²) in [5, 5.41) is 12.5. The van der Waals surface area contributed by atoms with Crippen LogP contribution in [0, 0.1) is 0 Å². The Kier molecular flexibility index (Phi) is 6.32. The van der Waals surface area contributed by atoms with Crippen molar-refractivity contribution in [1.82, 2.24) is 19.5 Å². The average molecular weight is 767 g/mol. The number of fused-ring (bicyclic) bond motifs is 16. The third-order valence-electron chi connectivity index (χ3n) is 11.3. The standard InChI is InChI=1S/C49H26N4S3/c1-2-15-31-30(14-1)41-32-16-3-7-19-37(32)53(45(41)43-34-18-6-9-21-39(34)55-47(31)43)28-24-35-29-13-4-8-20-38(29)54-46(35)36(25-28)44-42-33-17-5-10-22-40(33)56-49(42)52-48(51-44)27-12-11-23-50-26-27/h1-26H. The van der Waals surface area contributed by atoms with E-state index < -0.39 is 0 Å². The minimum absolute atomic E-state index is 0.682. The fourth-order valence-electron chi connectivity index (χ4n) is 8.95. The largest absolute Gasteiger partial charge is 0.308 e. The molecule has 6 heterocycles. The second-order valence-corrected chi connectivity index (χ2v) is 17.4. The lowest BCUT2D eigenvalue weighted by Crippen LogP contribution is -1.98. The summed E-state index contributed by atoms with van der Waals surface area (Å²) in [5.74, 6) is 0.682. The molecule has 0 spiro atoms. The zero-order valence-corrected chi connectivity index (χ0v) is 32.0. The summed E-state index contributed by atoms with van der Waals surface area (Å²) in [4.78, 5) is 16.1. The van der Waals surface area contributed by atoms with Crippen LogP contribution in [0.25, 0.3) is 122 Å². The van der Waals surface area contributed by atoms with Crippen LogP contribution in [0.5, 0.6) is 0 Å². The predicted molar refractivity (Wildman–Crippen MR) is 241 cm³/mol. The van der Waals surface area contributed by atoms with Gasteiger partial charge in [0, 0.05) is 101 Å². The minimum Gasteiger partial charge on any atom is -0.308 e. The van der Waals surface area contributed by atoms with Crippen LogP contribution in [-0.4, -0.2) is 19.5 Å². The molecule has 7 aromatic carbocycles. The van der Waals surface area contributed by atoms with Gasteiger partial charge in [0.1, 0.15) is 4.83 Å². The van der Waals surface area contributed by atoms with Crippen LogP contribution in [0.3, 0.4) is 0 Å². The third kappa shape index (κ3) is 4.19. The number of nitrogens with zero attached hydrogens (tertiary/aromatic N) is 4. The molecule has 0 unspecified atom stereocenters. The van der Waals surface area contributed by atoms with Crippen LogP contribution in [0.15, 0.2) is 158 Å². The van der Waals surface area contributed by atoms with Gasteiger partial charge in [0.2, 0.25) is 0 Å². The summed E-state index contributed by atoms with van der Waals surface area (Å²) >= 11 is 5.47. The SMILES string of the molecule is c1cncc(-c2nc(-c3cc(-n4c5ccccc5c5c6ccccc6c6sc7ccccc7c6c54)cc4c3sc3ccccc34)c3c(n2)sc2ccccc23)c1. The molecule has 4 nitrogen and oxygen atoms in total. The predicted octanol–water partition coefficient (Wildman–Crippen LogP) is 14.6. The van der Waals surface area contributed by atoms with E-state index in [9.17, 15) is 0 Å². The van der Waals surface area contributed by atoms with Crippen LogP contribution < -0.4 is 0 Å². The maximum Gasteiger partial charge on any atom is 0.162 e. The van der Waals surface area contributed by atoms with Crippen molar-refractivity contribution in [2.24, 2.45) is 0 Å². The summed E-state index contributed by atoms with van der Waals surface area (Å²) in [6, 6.07) is 53.1. The van der Waals surface area contributed by atoms with Gasteiger partial charge in [-0.05, 0) is 53.9 Å². The van der Waals surface area contributed by atoms with E-state index in [1.54, 1.807) is 17.5 Å². The Morgan fingerprint density at radius 3 is 1.89 bits per heavy atom. The highest BCUT2D eigenvalue weighted by Crippen LogP contribution is 2.50. The highest BCUT2D eigenvalue weighted by Gasteiger charge is 2.25. The molecule has 0 atom stereocenters. The van der Waals surface area contributed by atoms with Gasteiger partial charge in [0.05, 0.1) is 16.7 Å². The number of rotatable bonds is 3. The molecule has 7 heteroatoms. The Hall–Kier alpha value is -6.51. The van der Waals surface area contributed by atoms with Crippen molar-refractivity contribution in [1.29, 1.82) is 0 Å². The van der Waals surface area contributed by atoms with E-state index in [1.807, 2.05) is 34.9 Å². The molecule has 0 amide bonds. The maximum atomic E-state index is 5.51.